The molecule has 0 radical (unpaired) electrons. The van der Waals surface area contributed by atoms with Gasteiger partial charge in [0.25, 0.3) is 0 Å². The third-order valence-electron chi connectivity index (χ3n) is 1.89. The molecule has 0 aromatic carbocycles. The van der Waals surface area contributed by atoms with Crippen LogP contribution in [0.4, 0.5) is 0 Å². The third kappa shape index (κ3) is 5.09. The number of esters is 1. The first-order valence-electron chi connectivity index (χ1n) is 5.59. The van der Waals surface area contributed by atoms with E-state index in [0.29, 0.717) is 19.1 Å². The highest BCUT2D eigenvalue weighted by Crippen LogP contribution is 2.07. The Hall–Kier alpha value is -1.69. The van der Waals surface area contributed by atoms with Crippen molar-refractivity contribution in [1.29, 1.82) is 0 Å². The molecule has 0 bridgehead atoms. The Morgan fingerprint density at radius 3 is 2.44 bits per heavy atom. The van der Waals surface area contributed by atoms with Gasteiger partial charge in [-0.25, -0.2) is 14.8 Å². The number of nitrogens with zero attached hydrogens (tertiary/aromatic N) is 2. The van der Waals surface area contributed by atoms with Gasteiger partial charge in [0.05, 0.1) is 31.7 Å². The summed E-state index contributed by atoms with van der Waals surface area (Å²) in [5.74, 6) is -0.176. The average Bonchev–Trinajstić information content (AvgIpc) is 2.33. The van der Waals surface area contributed by atoms with Crippen molar-refractivity contribution in [3.63, 3.8) is 0 Å². The smallest absolute Gasteiger partial charge is 0.358 e. The summed E-state index contributed by atoms with van der Waals surface area (Å²) < 4.78 is 15.3. The maximum absolute atomic E-state index is 11.1. The Morgan fingerprint density at radius 2 is 1.94 bits per heavy atom. The highest BCUT2D eigenvalue weighted by atomic mass is 16.5. The number of aromatic nitrogens is 2. The summed E-state index contributed by atoms with van der Waals surface area (Å²) in [6, 6.07) is 0. The van der Waals surface area contributed by atoms with Gasteiger partial charge >= 0.3 is 5.97 Å². The van der Waals surface area contributed by atoms with E-state index in [2.05, 4.69) is 14.7 Å². The van der Waals surface area contributed by atoms with E-state index in [1.165, 1.54) is 19.5 Å². The lowest BCUT2D eigenvalue weighted by atomic mass is 10.2. The van der Waals surface area contributed by atoms with E-state index in [-0.39, 0.29) is 11.3 Å². The van der Waals surface area contributed by atoms with Crippen LogP contribution in [0.2, 0.25) is 0 Å². The van der Waals surface area contributed by atoms with Crippen LogP contribution in [-0.2, 0) is 9.47 Å². The minimum Gasteiger partial charge on any atom is -0.474 e. The number of rotatable bonds is 5. The van der Waals surface area contributed by atoms with E-state index >= 15 is 0 Å². The number of carbonyl (C=O) groups excluding carboxylic acids is 1. The summed E-state index contributed by atoms with van der Waals surface area (Å²) in [5.41, 5.74) is -0.0418. The van der Waals surface area contributed by atoms with Crippen LogP contribution in [-0.4, -0.2) is 41.9 Å². The van der Waals surface area contributed by atoms with Gasteiger partial charge in [0, 0.05) is 0 Å². The van der Waals surface area contributed by atoms with Crippen LogP contribution in [0.3, 0.4) is 0 Å². The summed E-state index contributed by atoms with van der Waals surface area (Å²) in [4.78, 5) is 18.9. The first-order chi connectivity index (χ1) is 8.42. The fourth-order valence-corrected chi connectivity index (χ4v) is 1.09. The van der Waals surface area contributed by atoms with Crippen molar-refractivity contribution in [2.45, 2.75) is 26.4 Å². The maximum atomic E-state index is 11.1. The minimum absolute atomic E-state index is 0.149. The Morgan fingerprint density at radius 1 is 1.22 bits per heavy atom. The molecule has 6 nitrogen and oxygen atoms in total. The maximum Gasteiger partial charge on any atom is 0.358 e. The molecule has 0 atom stereocenters. The topological polar surface area (TPSA) is 70.5 Å². The second-order valence-corrected chi connectivity index (χ2v) is 4.54. The molecule has 0 fully saturated rings. The van der Waals surface area contributed by atoms with Crippen molar-refractivity contribution in [3.8, 4) is 5.88 Å². The van der Waals surface area contributed by atoms with E-state index < -0.39 is 5.97 Å². The summed E-state index contributed by atoms with van der Waals surface area (Å²) in [5, 5.41) is 0. The molecule has 0 saturated heterocycles. The molecule has 0 aliphatic rings. The zero-order valence-electron chi connectivity index (χ0n) is 11.1. The number of hydrogen-bond donors (Lipinski definition) is 0. The summed E-state index contributed by atoms with van der Waals surface area (Å²) in [7, 11) is 1.29. The first kappa shape index (κ1) is 14.4. The van der Waals surface area contributed by atoms with Gasteiger partial charge in [-0.15, -0.1) is 0 Å². The third-order valence-corrected chi connectivity index (χ3v) is 1.89. The van der Waals surface area contributed by atoms with Gasteiger partial charge in [-0.3, -0.25) is 0 Å². The van der Waals surface area contributed by atoms with Crippen LogP contribution >= 0.6 is 0 Å². The van der Waals surface area contributed by atoms with E-state index in [0.717, 1.165) is 0 Å². The van der Waals surface area contributed by atoms with Crippen molar-refractivity contribution >= 4 is 5.97 Å². The highest BCUT2D eigenvalue weighted by molar-refractivity contribution is 5.86. The minimum atomic E-state index is -0.523. The molecule has 1 aromatic rings. The van der Waals surface area contributed by atoms with E-state index in [9.17, 15) is 4.79 Å². The molecule has 0 N–H and O–H groups in total. The molecule has 6 heteroatoms. The second-order valence-electron chi connectivity index (χ2n) is 4.54. The monoisotopic (exact) mass is 254 g/mol. The van der Waals surface area contributed by atoms with Crippen LogP contribution in [0.1, 0.15) is 31.3 Å². The number of methoxy groups -OCH3 is 1. The lowest BCUT2D eigenvalue weighted by Crippen LogP contribution is -2.22. The molecule has 100 valence electrons. The van der Waals surface area contributed by atoms with Crippen LogP contribution in [0, 0.1) is 0 Å². The molecule has 1 heterocycles. The molecule has 18 heavy (non-hydrogen) atoms. The average molecular weight is 254 g/mol. The van der Waals surface area contributed by atoms with Crippen molar-refractivity contribution in [2.75, 3.05) is 20.3 Å². The predicted molar refractivity (Wildman–Crippen MR) is 64.6 cm³/mol. The SMILES string of the molecule is COC(=O)c1cnc(OCCOC(C)(C)C)cn1. The zero-order chi connectivity index (χ0) is 13.6. The molecule has 1 aromatic heterocycles. The van der Waals surface area contributed by atoms with Crippen molar-refractivity contribution < 1.29 is 19.0 Å². The molecule has 0 aliphatic heterocycles. The van der Waals surface area contributed by atoms with E-state index in [4.69, 9.17) is 9.47 Å². The summed E-state index contributed by atoms with van der Waals surface area (Å²) in [6.07, 6.45) is 2.69. The zero-order valence-corrected chi connectivity index (χ0v) is 11.1. The fourth-order valence-electron chi connectivity index (χ4n) is 1.09. The Kier molecular flexibility index (Phi) is 5.03. The van der Waals surface area contributed by atoms with Gasteiger partial charge in [0.1, 0.15) is 6.61 Å². The highest BCUT2D eigenvalue weighted by Gasteiger charge is 2.10. The second kappa shape index (κ2) is 6.30. The van der Waals surface area contributed by atoms with Gasteiger partial charge in [-0.2, -0.15) is 0 Å². The fraction of sp³-hybridized carbons (Fsp3) is 0.583. The molecule has 0 saturated carbocycles. The Labute approximate surface area is 106 Å². The lowest BCUT2D eigenvalue weighted by Gasteiger charge is -2.19. The number of hydrogen-bond acceptors (Lipinski definition) is 6. The molecule has 0 aliphatic carbocycles. The van der Waals surface area contributed by atoms with Crippen LogP contribution in [0.25, 0.3) is 0 Å². The molecular formula is C12H18N2O4. The van der Waals surface area contributed by atoms with Gasteiger partial charge in [0.15, 0.2) is 5.69 Å². The number of ether oxygens (including phenoxy) is 3. The largest absolute Gasteiger partial charge is 0.474 e. The first-order valence-corrected chi connectivity index (χ1v) is 5.59. The van der Waals surface area contributed by atoms with Gasteiger partial charge < -0.3 is 14.2 Å². The molecule has 1 rings (SSSR count). The summed E-state index contributed by atoms with van der Waals surface area (Å²) in [6.45, 7) is 6.75. The normalized spacial score (nSPS) is 11.1. The van der Waals surface area contributed by atoms with Crippen molar-refractivity contribution in [1.82, 2.24) is 9.97 Å². The van der Waals surface area contributed by atoms with Crippen LogP contribution in [0.15, 0.2) is 12.4 Å². The van der Waals surface area contributed by atoms with Gasteiger partial charge in [-0.05, 0) is 20.8 Å². The molecule has 0 unspecified atom stereocenters. The quantitative estimate of drug-likeness (QED) is 0.585. The van der Waals surface area contributed by atoms with E-state index in [1.54, 1.807) is 0 Å². The van der Waals surface area contributed by atoms with Crippen molar-refractivity contribution in [3.05, 3.63) is 18.1 Å². The van der Waals surface area contributed by atoms with Crippen molar-refractivity contribution in [2.24, 2.45) is 0 Å². The van der Waals surface area contributed by atoms with E-state index in [1.807, 2.05) is 20.8 Å². The van der Waals surface area contributed by atoms with Gasteiger partial charge in [0.2, 0.25) is 5.88 Å². The van der Waals surface area contributed by atoms with Gasteiger partial charge in [-0.1, -0.05) is 0 Å². The summed E-state index contributed by atoms with van der Waals surface area (Å²) >= 11 is 0. The van der Waals surface area contributed by atoms with Crippen LogP contribution in [0.5, 0.6) is 5.88 Å². The Bertz CT molecular complexity index is 384. The Balaban J connectivity index is 2.38. The predicted octanol–water partition coefficient (Wildman–Crippen LogP) is 1.46. The molecular weight excluding hydrogens is 236 g/mol. The number of carbonyl (C=O) groups is 1. The molecule has 0 amide bonds. The molecule has 0 spiro atoms. The standard InChI is InChI=1S/C12H18N2O4/c1-12(2,3)18-6-5-17-10-8-13-9(7-14-10)11(15)16-4/h7-8H,5-6H2,1-4H3. The van der Waals surface area contributed by atoms with Crippen LogP contribution < -0.4 is 4.74 Å². The lowest BCUT2D eigenvalue weighted by molar-refractivity contribution is -0.0168.